The number of ether oxygens (including phenoxy) is 2. The van der Waals surface area contributed by atoms with Crippen LogP contribution < -0.4 is 14.8 Å². The van der Waals surface area contributed by atoms with E-state index in [0.717, 1.165) is 18.2 Å². The molecule has 0 atom stereocenters. The van der Waals surface area contributed by atoms with Gasteiger partial charge in [0.2, 0.25) is 0 Å². The summed E-state index contributed by atoms with van der Waals surface area (Å²) in [5.41, 5.74) is -0.0634. The van der Waals surface area contributed by atoms with Crippen LogP contribution in [-0.2, 0) is 0 Å². The number of amides is 1. The van der Waals surface area contributed by atoms with Gasteiger partial charge in [-0.05, 0) is 18.2 Å². The first-order valence-corrected chi connectivity index (χ1v) is 5.82. The Morgan fingerprint density at radius 1 is 1.05 bits per heavy atom. The van der Waals surface area contributed by atoms with E-state index in [1.54, 1.807) is 30.3 Å². The number of halogens is 3. The highest BCUT2D eigenvalue weighted by Crippen LogP contribution is 2.22. The maximum Gasteiger partial charge on any atom is 0.417 e. The minimum Gasteiger partial charge on any atom is -0.435 e. The van der Waals surface area contributed by atoms with Crippen molar-refractivity contribution in [2.75, 3.05) is 5.32 Å². The summed E-state index contributed by atoms with van der Waals surface area (Å²) in [6.07, 6.45) is -0.880. The van der Waals surface area contributed by atoms with E-state index in [9.17, 15) is 18.0 Å². The molecule has 0 heterocycles. The average molecular weight is 297 g/mol. The molecule has 110 valence electrons. The number of nitrogens with one attached hydrogen (secondary N) is 1. The lowest BCUT2D eigenvalue weighted by atomic mass is 10.3. The molecule has 0 saturated carbocycles. The Kier molecular flexibility index (Phi) is 4.65. The summed E-state index contributed by atoms with van der Waals surface area (Å²) in [5, 5.41) is 2.22. The minimum atomic E-state index is -3.09. The monoisotopic (exact) mass is 297 g/mol. The number of para-hydroxylation sites is 1. The fourth-order valence-electron chi connectivity index (χ4n) is 1.54. The van der Waals surface area contributed by atoms with E-state index < -0.39 is 24.3 Å². The van der Waals surface area contributed by atoms with Gasteiger partial charge in [0, 0.05) is 12.1 Å². The van der Waals surface area contributed by atoms with Crippen LogP contribution in [-0.4, -0.2) is 12.7 Å². The SMILES string of the molecule is O=C(Nc1cc(F)cc(OC(F)F)c1)Oc1ccccc1. The zero-order valence-corrected chi connectivity index (χ0v) is 10.6. The number of rotatable bonds is 4. The molecule has 0 unspecified atom stereocenters. The summed E-state index contributed by atoms with van der Waals surface area (Å²) in [6, 6.07) is 11.0. The zero-order chi connectivity index (χ0) is 15.2. The first kappa shape index (κ1) is 14.7. The number of carbonyl (C=O) groups is 1. The topological polar surface area (TPSA) is 47.6 Å². The van der Waals surface area contributed by atoms with E-state index in [1.165, 1.54) is 0 Å². The smallest absolute Gasteiger partial charge is 0.417 e. The van der Waals surface area contributed by atoms with Crippen molar-refractivity contribution in [3.8, 4) is 11.5 Å². The number of anilines is 1. The molecular weight excluding hydrogens is 287 g/mol. The van der Waals surface area contributed by atoms with E-state index in [1.807, 2.05) is 0 Å². The molecule has 1 amide bonds. The third-order valence-corrected chi connectivity index (χ3v) is 2.30. The van der Waals surface area contributed by atoms with Crippen molar-refractivity contribution >= 4 is 11.8 Å². The highest BCUT2D eigenvalue weighted by molar-refractivity contribution is 5.86. The van der Waals surface area contributed by atoms with Crippen molar-refractivity contribution in [3.63, 3.8) is 0 Å². The third kappa shape index (κ3) is 4.72. The van der Waals surface area contributed by atoms with Gasteiger partial charge in [0.05, 0.1) is 5.69 Å². The summed E-state index contributed by atoms with van der Waals surface area (Å²) >= 11 is 0. The van der Waals surface area contributed by atoms with Crippen LogP contribution in [0.2, 0.25) is 0 Å². The van der Waals surface area contributed by atoms with Crippen LogP contribution in [0.3, 0.4) is 0 Å². The van der Waals surface area contributed by atoms with E-state index in [2.05, 4.69) is 10.1 Å². The standard InChI is InChI=1S/C14H10F3NO3/c15-9-6-10(8-12(7-9)20-13(16)17)18-14(19)21-11-4-2-1-3-5-11/h1-8,13H,(H,18,19). The minimum absolute atomic E-state index is 0.0634. The van der Waals surface area contributed by atoms with Gasteiger partial charge < -0.3 is 9.47 Å². The van der Waals surface area contributed by atoms with Crippen LogP contribution in [0, 0.1) is 5.82 Å². The van der Waals surface area contributed by atoms with Crippen molar-refractivity contribution in [2.45, 2.75) is 6.61 Å². The number of hydrogen-bond donors (Lipinski definition) is 1. The summed E-state index contributed by atoms with van der Waals surface area (Å²) in [6.45, 7) is -3.09. The predicted octanol–water partition coefficient (Wildman–Crippen LogP) is 4.04. The molecule has 0 spiro atoms. The summed E-state index contributed by atoms with van der Waals surface area (Å²) in [4.78, 5) is 11.6. The fraction of sp³-hybridized carbons (Fsp3) is 0.0714. The first-order chi connectivity index (χ1) is 10.0. The van der Waals surface area contributed by atoms with Crippen LogP contribution in [0.15, 0.2) is 48.5 Å². The lowest BCUT2D eigenvalue weighted by Gasteiger charge is -2.09. The summed E-state index contributed by atoms with van der Waals surface area (Å²) in [7, 11) is 0. The number of alkyl halides is 2. The molecule has 2 aromatic carbocycles. The highest BCUT2D eigenvalue weighted by Gasteiger charge is 2.10. The maximum atomic E-state index is 13.2. The van der Waals surface area contributed by atoms with E-state index in [4.69, 9.17) is 4.74 Å². The summed E-state index contributed by atoms with van der Waals surface area (Å²) < 4.78 is 46.4. The second-order valence-corrected chi connectivity index (χ2v) is 3.88. The van der Waals surface area contributed by atoms with Gasteiger partial charge in [-0.1, -0.05) is 18.2 Å². The molecule has 2 rings (SSSR count). The molecule has 2 aromatic rings. The molecule has 0 fully saturated rings. The van der Waals surface area contributed by atoms with Crippen LogP contribution in [0.25, 0.3) is 0 Å². The van der Waals surface area contributed by atoms with Crippen molar-refractivity contribution < 1.29 is 27.4 Å². The van der Waals surface area contributed by atoms with Crippen LogP contribution >= 0.6 is 0 Å². The Hall–Kier alpha value is -2.70. The van der Waals surface area contributed by atoms with Gasteiger partial charge in [0.25, 0.3) is 0 Å². The third-order valence-electron chi connectivity index (χ3n) is 2.30. The van der Waals surface area contributed by atoms with Crippen LogP contribution in [0.1, 0.15) is 0 Å². The molecule has 0 aliphatic rings. The highest BCUT2D eigenvalue weighted by atomic mass is 19.3. The Labute approximate surface area is 118 Å². The second-order valence-electron chi connectivity index (χ2n) is 3.88. The van der Waals surface area contributed by atoms with Crippen molar-refractivity contribution in [1.29, 1.82) is 0 Å². The summed E-state index contributed by atoms with van der Waals surface area (Å²) in [5.74, 6) is -0.946. The molecule has 0 saturated heterocycles. The van der Waals surface area contributed by atoms with Gasteiger partial charge in [-0.3, -0.25) is 5.32 Å². The first-order valence-electron chi connectivity index (χ1n) is 5.82. The lowest BCUT2D eigenvalue weighted by Crippen LogP contribution is -2.17. The number of carbonyl (C=O) groups excluding carboxylic acids is 1. The van der Waals surface area contributed by atoms with Crippen LogP contribution in [0.5, 0.6) is 11.5 Å². The molecule has 21 heavy (non-hydrogen) atoms. The van der Waals surface area contributed by atoms with Crippen molar-refractivity contribution in [2.24, 2.45) is 0 Å². The Balaban J connectivity index is 2.05. The van der Waals surface area contributed by atoms with Gasteiger partial charge in [0.15, 0.2) is 0 Å². The Morgan fingerprint density at radius 3 is 2.43 bits per heavy atom. The largest absolute Gasteiger partial charge is 0.435 e. The number of benzene rings is 2. The molecular formula is C14H10F3NO3. The van der Waals surface area contributed by atoms with Crippen molar-refractivity contribution in [3.05, 3.63) is 54.3 Å². The molecule has 0 aromatic heterocycles. The maximum absolute atomic E-state index is 13.2. The van der Waals surface area contributed by atoms with E-state index >= 15 is 0 Å². The fourth-order valence-corrected chi connectivity index (χ4v) is 1.54. The number of hydrogen-bond acceptors (Lipinski definition) is 3. The van der Waals surface area contributed by atoms with E-state index in [-0.39, 0.29) is 11.4 Å². The van der Waals surface area contributed by atoms with Gasteiger partial charge in [0.1, 0.15) is 17.3 Å². The molecule has 1 N–H and O–H groups in total. The van der Waals surface area contributed by atoms with Gasteiger partial charge in [-0.2, -0.15) is 8.78 Å². The Morgan fingerprint density at radius 2 is 1.76 bits per heavy atom. The zero-order valence-electron chi connectivity index (χ0n) is 10.6. The van der Waals surface area contributed by atoms with Crippen LogP contribution in [0.4, 0.5) is 23.7 Å². The quantitative estimate of drug-likeness (QED) is 0.926. The van der Waals surface area contributed by atoms with E-state index in [0.29, 0.717) is 0 Å². The molecule has 7 heteroatoms. The molecule has 0 radical (unpaired) electrons. The normalized spacial score (nSPS) is 10.3. The molecule has 0 bridgehead atoms. The molecule has 0 aliphatic carbocycles. The average Bonchev–Trinajstić information content (AvgIpc) is 2.37. The molecule has 4 nitrogen and oxygen atoms in total. The Bertz CT molecular complexity index is 620. The van der Waals surface area contributed by atoms with Gasteiger partial charge >= 0.3 is 12.7 Å². The van der Waals surface area contributed by atoms with Gasteiger partial charge in [-0.25, -0.2) is 9.18 Å². The lowest BCUT2D eigenvalue weighted by molar-refractivity contribution is -0.0499. The van der Waals surface area contributed by atoms with Gasteiger partial charge in [-0.15, -0.1) is 0 Å². The molecule has 0 aliphatic heterocycles. The second kappa shape index (κ2) is 6.65. The van der Waals surface area contributed by atoms with Crippen molar-refractivity contribution in [1.82, 2.24) is 0 Å². The predicted molar refractivity (Wildman–Crippen MR) is 69.1 cm³/mol.